The van der Waals surface area contributed by atoms with E-state index in [1.54, 1.807) is 0 Å². The minimum atomic E-state index is 0.934. The molecule has 3 heteroatoms. The van der Waals surface area contributed by atoms with Crippen molar-refractivity contribution in [2.45, 2.75) is 0 Å². The van der Waals surface area contributed by atoms with Crippen LogP contribution in [0.5, 0.6) is 0 Å². The average molecular weight is 690 g/mol. The first-order valence-corrected chi connectivity index (χ1v) is 18.4. The molecule has 254 valence electrons. The van der Waals surface area contributed by atoms with E-state index in [1.165, 1.54) is 32.7 Å². The number of hydrogen-bond donors (Lipinski definition) is 0. The molecule has 0 aliphatic heterocycles. The van der Waals surface area contributed by atoms with E-state index in [1.807, 2.05) is 6.07 Å². The van der Waals surface area contributed by atoms with Crippen molar-refractivity contribution >= 4 is 49.6 Å². The van der Waals surface area contributed by atoms with Gasteiger partial charge in [0.25, 0.3) is 0 Å². The minimum Gasteiger partial charge on any atom is -0.310 e. The second-order valence-corrected chi connectivity index (χ2v) is 13.7. The molecule has 0 aliphatic rings. The molecule has 0 spiro atoms. The molecule has 10 aromatic rings. The van der Waals surface area contributed by atoms with Crippen LogP contribution in [0.4, 0.5) is 17.1 Å². The summed E-state index contributed by atoms with van der Waals surface area (Å²) in [5.41, 5.74) is 12.2. The predicted octanol–water partition coefficient (Wildman–Crippen LogP) is 13.8. The molecular formula is C51H35N3. The number of imidazole rings is 1. The molecule has 0 fully saturated rings. The Hall–Kier alpha value is -7.23. The van der Waals surface area contributed by atoms with Crippen molar-refractivity contribution in [2.24, 2.45) is 0 Å². The molecule has 0 saturated carbocycles. The maximum Gasteiger partial charge on any atom is 0.145 e. The van der Waals surface area contributed by atoms with E-state index in [-0.39, 0.29) is 0 Å². The van der Waals surface area contributed by atoms with E-state index < -0.39 is 0 Å². The van der Waals surface area contributed by atoms with Crippen molar-refractivity contribution in [3.05, 3.63) is 212 Å². The van der Waals surface area contributed by atoms with Gasteiger partial charge in [0.05, 0.1) is 11.0 Å². The van der Waals surface area contributed by atoms with Crippen LogP contribution >= 0.6 is 0 Å². The molecule has 0 aliphatic carbocycles. The van der Waals surface area contributed by atoms with Crippen LogP contribution in [0.1, 0.15) is 0 Å². The summed E-state index contributed by atoms with van der Waals surface area (Å²) >= 11 is 0. The summed E-state index contributed by atoms with van der Waals surface area (Å²) < 4.78 is 2.27. The van der Waals surface area contributed by atoms with E-state index in [0.717, 1.165) is 56.3 Å². The summed E-state index contributed by atoms with van der Waals surface area (Å²) in [6, 6.07) is 75.9. The highest BCUT2D eigenvalue weighted by atomic mass is 15.1. The molecule has 0 saturated heterocycles. The SMILES string of the molecule is c1ccc(-c2nc3ccc(-c4cccc(-c5ccc(N(c6ccc7ccccc7c6)c6ccc7ccccc7c6)cc5)c4)cc3n2-c2ccccc2)cc1. The molecule has 1 aromatic heterocycles. The van der Waals surface area contributed by atoms with Crippen LogP contribution in [0, 0.1) is 0 Å². The maximum atomic E-state index is 5.11. The van der Waals surface area contributed by atoms with Crippen LogP contribution in [-0.2, 0) is 0 Å². The molecular weight excluding hydrogens is 655 g/mol. The molecule has 0 radical (unpaired) electrons. The summed E-state index contributed by atoms with van der Waals surface area (Å²) in [7, 11) is 0. The molecule has 0 atom stereocenters. The first-order chi connectivity index (χ1) is 26.7. The van der Waals surface area contributed by atoms with Crippen LogP contribution in [0.3, 0.4) is 0 Å². The van der Waals surface area contributed by atoms with E-state index in [2.05, 4.69) is 216 Å². The number of fused-ring (bicyclic) bond motifs is 3. The third-order valence-electron chi connectivity index (χ3n) is 10.3. The van der Waals surface area contributed by atoms with Gasteiger partial charge >= 0.3 is 0 Å². The first kappa shape index (κ1) is 31.5. The Kier molecular flexibility index (Phi) is 7.81. The number of nitrogens with zero attached hydrogens (tertiary/aromatic N) is 3. The van der Waals surface area contributed by atoms with Crippen molar-refractivity contribution in [1.29, 1.82) is 0 Å². The minimum absolute atomic E-state index is 0.934. The van der Waals surface area contributed by atoms with Crippen molar-refractivity contribution in [1.82, 2.24) is 9.55 Å². The summed E-state index contributed by atoms with van der Waals surface area (Å²) in [5.74, 6) is 0.934. The lowest BCUT2D eigenvalue weighted by atomic mass is 9.98. The number of para-hydroxylation sites is 1. The fourth-order valence-electron chi connectivity index (χ4n) is 7.63. The van der Waals surface area contributed by atoms with Gasteiger partial charge in [0.15, 0.2) is 0 Å². The molecule has 9 aromatic carbocycles. The Labute approximate surface area is 314 Å². The fourth-order valence-corrected chi connectivity index (χ4v) is 7.63. The molecule has 10 rings (SSSR count). The van der Waals surface area contributed by atoms with Crippen LogP contribution in [-0.4, -0.2) is 9.55 Å². The third kappa shape index (κ3) is 5.78. The largest absolute Gasteiger partial charge is 0.310 e. The summed E-state index contributed by atoms with van der Waals surface area (Å²) in [4.78, 5) is 7.47. The highest BCUT2D eigenvalue weighted by Gasteiger charge is 2.17. The molecule has 3 nitrogen and oxygen atoms in total. The number of aromatic nitrogens is 2. The maximum absolute atomic E-state index is 5.11. The molecule has 1 heterocycles. The molecule has 0 amide bonds. The van der Waals surface area contributed by atoms with Gasteiger partial charge in [-0.25, -0.2) is 4.98 Å². The Bertz CT molecular complexity index is 2850. The highest BCUT2D eigenvalue weighted by molar-refractivity contribution is 5.93. The van der Waals surface area contributed by atoms with Gasteiger partial charge in [0.1, 0.15) is 5.82 Å². The zero-order valence-electron chi connectivity index (χ0n) is 29.5. The van der Waals surface area contributed by atoms with Gasteiger partial charge in [-0.15, -0.1) is 0 Å². The van der Waals surface area contributed by atoms with Gasteiger partial charge in [0, 0.05) is 28.3 Å². The van der Waals surface area contributed by atoms with Gasteiger partial charge < -0.3 is 4.90 Å². The molecule has 0 N–H and O–H groups in total. The number of anilines is 3. The van der Waals surface area contributed by atoms with Crippen molar-refractivity contribution in [2.75, 3.05) is 4.90 Å². The lowest BCUT2D eigenvalue weighted by Gasteiger charge is -2.26. The average Bonchev–Trinajstić information content (AvgIpc) is 3.64. The smallest absolute Gasteiger partial charge is 0.145 e. The number of hydrogen-bond acceptors (Lipinski definition) is 2. The van der Waals surface area contributed by atoms with E-state index in [9.17, 15) is 0 Å². The third-order valence-corrected chi connectivity index (χ3v) is 10.3. The Morgan fingerprint density at radius 2 is 0.833 bits per heavy atom. The van der Waals surface area contributed by atoms with E-state index >= 15 is 0 Å². The standard InChI is InChI=1S/C51H35N3/c1-3-14-39(15-4-1)51-52-49-31-26-44(35-50(49)54(51)45-20-5-2-6-21-45)41-19-11-18-40(32-41)38-22-27-46(28-23-38)53(47-29-24-36-12-7-9-16-42(36)33-47)48-30-25-37-13-8-10-17-43(37)34-48/h1-35H. The zero-order valence-corrected chi connectivity index (χ0v) is 29.5. The van der Waals surface area contributed by atoms with Crippen molar-refractivity contribution in [3.63, 3.8) is 0 Å². The van der Waals surface area contributed by atoms with Crippen LogP contribution in [0.15, 0.2) is 212 Å². The second kappa shape index (κ2) is 13.4. The van der Waals surface area contributed by atoms with Crippen LogP contribution in [0.2, 0.25) is 0 Å². The normalized spacial score (nSPS) is 11.3. The van der Waals surface area contributed by atoms with Gasteiger partial charge in [-0.1, -0.05) is 146 Å². The Morgan fingerprint density at radius 1 is 0.333 bits per heavy atom. The van der Waals surface area contributed by atoms with E-state index in [0.29, 0.717) is 0 Å². The Balaban J connectivity index is 1.03. The zero-order chi connectivity index (χ0) is 35.8. The topological polar surface area (TPSA) is 21.1 Å². The Morgan fingerprint density at radius 3 is 1.48 bits per heavy atom. The number of benzene rings is 9. The number of rotatable bonds is 7. The van der Waals surface area contributed by atoms with Gasteiger partial charge in [-0.2, -0.15) is 0 Å². The summed E-state index contributed by atoms with van der Waals surface area (Å²) in [6.45, 7) is 0. The molecule has 0 bridgehead atoms. The lowest BCUT2D eigenvalue weighted by molar-refractivity contribution is 1.10. The summed E-state index contributed by atoms with van der Waals surface area (Å²) in [6.07, 6.45) is 0. The van der Waals surface area contributed by atoms with Gasteiger partial charge in [0.2, 0.25) is 0 Å². The highest BCUT2D eigenvalue weighted by Crippen LogP contribution is 2.39. The molecule has 54 heavy (non-hydrogen) atoms. The fraction of sp³-hybridized carbons (Fsp3) is 0. The first-order valence-electron chi connectivity index (χ1n) is 18.4. The quantitative estimate of drug-likeness (QED) is 0.166. The lowest BCUT2D eigenvalue weighted by Crippen LogP contribution is -2.09. The second-order valence-electron chi connectivity index (χ2n) is 13.7. The monoisotopic (exact) mass is 689 g/mol. The van der Waals surface area contributed by atoms with Crippen molar-refractivity contribution in [3.8, 4) is 39.3 Å². The van der Waals surface area contributed by atoms with Crippen LogP contribution < -0.4 is 4.90 Å². The predicted molar refractivity (Wildman–Crippen MR) is 227 cm³/mol. The van der Waals surface area contributed by atoms with Gasteiger partial charge in [-0.3, -0.25) is 4.57 Å². The summed E-state index contributed by atoms with van der Waals surface area (Å²) in [5, 5.41) is 4.90. The van der Waals surface area contributed by atoms with Crippen molar-refractivity contribution < 1.29 is 0 Å². The molecule has 0 unspecified atom stereocenters. The van der Waals surface area contributed by atoms with Gasteiger partial charge in [-0.05, 0) is 111 Å². The van der Waals surface area contributed by atoms with E-state index in [4.69, 9.17) is 4.98 Å². The van der Waals surface area contributed by atoms with Crippen LogP contribution in [0.25, 0.3) is 71.9 Å².